The summed E-state index contributed by atoms with van der Waals surface area (Å²) in [5, 5.41) is 20.4. The Bertz CT molecular complexity index is 934. The SMILES string of the molecule is Cn1c(C(C#N)=C(O)c2ccccc2Cl)nc2ccccc21. The molecule has 0 fully saturated rings. The van der Waals surface area contributed by atoms with E-state index < -0.39 is 0 Å². The lowest BCUT2D eigenvalue weighted by Gasteiger charge is -2.06. The minimum absolute atomic E-state index is 0.0896. The number of imidazole rings is 1. The summed E-state index contributed by atoms with van der Waals surface area (Å²) in [6, 6.07) is 16.4. The van der Waals surface area contributed by atoms with Crippen molar-refractivity contribution in [1.29, 1.82) is 5.26 Å². The zero-order valence-electron chi connectivity index (χ0n) is 11.8. The van der Waals surface area contributed by atoms with Crippen molar-refractivity contribution in [1.82, 2.24) is 9.55 Å². The molecule has 1 aromatic heterocycles. The van der Waals surface area contributed by atoms with Gasteiger partial charge in [0.15, 0.2) is 5.82 Å². The highest BCUT2D eigenvalue weighted by Gasteiger charge is 2.18. The van der Waals surface area contributed by atoms with E-state index in [4.69, 9.17) is 11.6 Å². The minimum atomic E-state index is -0.175. The second-order valence-electron chi connectivity index (χ2n) is 4.80. The summed E-state index contributed by atoms with van der Waals surface area (Å²) in [7, 11) is 1.81. The molecule has 0 saturated carbocycles. The molecule has 0 radical (unpaired) electrons. The maximum absolute atomic E-state index is 10.5. The minimum Gasteiger partial charge on any atom is -0.506 e. The van der Waals surface area contributed by atoms with Crippen LogP contribution in [0.3, 0.4) is 0 Å². The number of hydrogen-bond acceptors (Lipinski definition) is 3. The zero-order chi connectivity index (χ0) is 15.7. The number of aromatic nitrogens is 2. The van der Waals surface area contributed by atoms with E-state index >= 15 is 0 Å². The van der Waals surface area contributed by atoms with Crippen LogP contribution >= 0.6 is 11.6 Å². The summed E-state index contributed by atoms with van der Waals surface area (Å²) >= 11 is 6.10. The molecule has 0 saturated heterocycles. The number of halogens is 1. The first-order chi connectivity index (χ1) is 10.6. The summed E-state index contributed by atoms with van der Waals surface area (Å²) in [4.78, 5) is 4.44. The first-order valence-corrected chi connectivity index (χ1v) is 7.01. The van der Waals surface area contributed by atoms with Crippen molar-refractivity contribution in [3.8, 4) is 6.07 Å². The second kappa shape index (κ2) is 5.55. The van der Waals surface area contributed by atoms with Crippen molar-refractivity contribution in [3.05, 3.63) is 64.9 Å². The van der Waals surface area contributed by atoms with Crippen LogP contribution in [0.25, 0.3) is 22.4 Å². The number of allylic oxidation sites excluding steroid dienone is 1. The van der Waals surface area contributed by atoms with Gasteiger partial charge in [0.2, 0.25) is 0 Å². The van der Waals surface area contributed by atoms with Crippen LogP contribution in [0.15, 0.2) is 48.5 Å². The molecule has 0 aliphatic rings. The second-order valence-corrected chi connectivity index (χ2v) is 5.21. The predicted octanol–water partition coefficient (Wildman–Crippen LogP) is 4.18. The number of aryl methyl sites for hydroxylation is 1. The number of aliphatic hydroxyl groups excluding tert-OH is 1. The van der Waals surface area contributed by atoms with Crippen LogP contribution in [-0.2, 0) is 7.05 Å². The number of hydrogen-bond donors (Lipinski definition) is 1. The Morgan fingerprint density at radius 3 is 2.55 bits per heavy atom. The molecule has 1 heterocycles. The van der Waals surface area contributed by atoms with Gasteiger partial charge in [-0.25, -0.2) is 4.98 Å². The molecule has 1 N–H and O–H groups in total. The molecular weight excluding hydrogens is 298 g/mol. The Morgan fingerprint density at radius 2 is 1.86 bits per heavy atom. The highest BCUT2D eigenvalue weighted by atomic mass is 35.5. The van der Waals surface area contributed by atoms with Gasteiger partial charge in [0, 0.05) is 12.6 Å². The lowest BCUT2D eigenvalue weighted by Crippen LogP contribution is -1.99. The van der Waals surface area contributed by atoms with Gasteiger partial charge in [-0.15, -0.1) is 0 Å². The zero-order valence-corrected chi connectivity index (χ0v) is 12.5. The summed E-state index contributed by atoms with van der Waals surface area (Å²) in [6.45, 7) is 0. The molecule has 0 spiro atoms. The van der Waals surface area contributed by atoms with Gasteiger partial charge in [0.25, 0.3) is 0 Å². The van der Waals surface area contributed by atoms with E-state index in [9.17, 15) is 10.4 Å². The van der Waals surface area contributed by atoms with Crippen molar-refractivity contribution < 1.29 is 5.11 Å². The maximum Gasteiger partial charge on any atom is 0.155 e. The molecule has 108 valence electrons. The molecule has 0 atom stereocenters. The Hall–Kier alpha value is -2.77. The van der Waals surface area contributed by atoms with E-state index in [1.165, 1.54) is 0 Å². The maximum atomic E-state index is 10.5. The Balaban J connectivity index is 2.27. The van der Waals surface area contributed by atoms with Gasteiger partial charge in [-0.1, -0.05) is 35.9 Å². The molecule has 0 bridgehead atoms. The van der Waals surface area contributed by atoms with Gasteiger partial charge < -0.3 is 9.67 Å². The van der Waals surface area contributed by atoms with Gasteiger partial charge in [0.1, 0.15) is 17.4 Å². The standard InChI is InChI=1S/C17H12ClN3O/c1-21-15-9-5-4-8-14(15)20-17(21)12(10-19)16(22)11-6-2-3-7-13(11)18/h2-9,22H,1H3. The van der Waals surface area contributed by atoms with Crippen molar-refractivity contribution in [2.45, 2.75) is 0 Å². The number of nitrogens with zero attached hydrogens (tertiary/aromatic N) is 3. The number of aliphatic hydroxyl groups is 1. The van der Waals surface area contributed by atoms with Crippen molar-refractivity contribution in [3.63, 3.8) is 0 Å². The normalized spacial score (nSPS) is 12.0. The fraction of sp³-hybridized carbons (Fsp3) is 0.0588. The molecule has 22 heavy (non-hydrogen) atoms. The van der Waals surface area contributed by atoms with Gasteiger partial charge in [0.05, 0.1) is 16.1 Å². The van der Waals surface area contributed by atoms with Gasteiger partial charge in [-0.2, -0.15) is 5.26 Å². The molecule has 0 aliphatic heterocycles. The van der Waals surface area contributed by atoms with Gasteiger partial charge >= 0.3 is 0 Å². The fourth-order valence-electron chi connectivity index (χ4n) is 2.37. The summed E-state index contributed by atoms with van der Waals surface area (Å²) in [6.07, 6.45) is 0. The van der Waals surface area contributed by atoms with Crippen LogP contribution in [0.1, 0.15) is 11.4 Å². The lowest BCUT2D eigenvalue weighted by molar-refractivity contribution is 0.513. The number of para-hydroxylation sites is 2. The van der Waals surface area contributed by atoms with Gasteiger partial charge in [-0.05, 0) is 24.3 Å². The molecule has 5 heteroatoms. The van der Waals surface area contributed by atoms with Crippen LogP contribution in [0.4, 0.5) is 0 Å². The summed E-state index contributed by atoms with van der Waals surface area (Å²) in [5.41, 5.74) is 2.15. The van der Waals surface area contributed by atoms with Crippen LogP contribution in [0.2, 0.25) is 5.02 Å². The quantitative estimate of drug-likeness (QED) is 0.570. The smallest absolute Gasteiger partial charge is 0.155 e. The Morgan fingerprint density at radius 1 is 1.18 bits per heavy atom. The van der Waals surface area contributed by atoms with E-state index in [1.807, 2.05) is 37.4 Å². The molecule has 2 aromatic carbocycles. The predicted molar refractivity (Wildman–Crippen MR) is 87.2 cm³/mol. The summed E-state index contributed by atoms with van der Waals surface area (Å²) in [5.74, 6) is 0.229. The first-order valence-electron chi connectivity index (χ1n) is 6.63. The molecule has 0 aliphatic carbocycles. The largest absolute Gasteiger partial charge is 0.506 e. The third kappa shape index (κ3) is 2.22. The Labute approximate surface area is 132 Å². The van der Waals surface area contributed by atoms with Crippen LogP contribution in [0.5, 0.6) is 0 Å². The van der Waals surface area contributed by atoms with Crippen LogP contribution in [-0.4, -0.2) is 14.7 Å². The van der Waals surface area contributed by atoms with Crippen LogP contribution < -0.4 is 0 Å². The topological polar surface area (TPSA) is 61.8 Å². The highest BCUT2D eigenvalue weighted by molar-refractivity contribution is 6.32. The number of nitriles is 1. The molecule has 3 rings (SSSR count). The molecule has 0 unspecified atom stereocenters. The third-order valence-corrected chi connectivity index (χ3v) is 3.82. The monoisotopic (exact) mass is 309 g/mol. The first kappa shape index (κ1) is 14.2. The highest BCUT2D eigenvalue weighted by Crippen LogP contribution is 2.29. The number of rotatable bonds is 2. The van der Waals surface area contributed by atoms with Gasteiger partial charge in [-0.3, -0.25) is 0 Å². The van der Waals surface area contributed by atoms with Crippen molar-refractivity contribution in [2.24, 2.45) is 7.05 Å². The summed E-state index contributed by atoms with van der Waals surface area (Å²) < 4.78 is 1.78. The average molecular weight is 310 g/mol. The average Bonchev–Trinajstić information content (AvgIpc) is 2.86. The van der Waals surface area contributed by atoms with Crippen LogP contribution in [0, 0.1) is 11.3 Å². The third-order valence-electron chi connectivity index (χ3n) is 3.49. The van der Waals surface area contributed by atoms with Crippen molar-refractivity contribution in [2.75, 3.05) is 0 Å². The van der Waals surface area contributed by atoms with Crippen molar-refractivity contribution >= 4 is 34.0 Å². The lowest BCUT2D eigenvalue weighted by atomic mass is 10.1. The van der Waals surface area contributed by atoms with E-state index in [-0.39, 0.29) is 11.3 Å². The van der Waals surface area contributed by atoms with E-state index in [0.29, 0.717) is 16.4 Å². The number of benzene rings is 2. The molecule has 3 aromatic rings. The molecular formula is C17H12ClN3O. The molecule has 0 amide bonds. The Kier molecular flexibility index (Phi) is 3.58. The number of fused-ring (bicyclic) bond motifs is 1. The van der Waals surface area contributed by atoms with E-state index in [1.54, 1.807) is 28.8 Å². The fourth-order valence-corrected chi connectivity index (χ4v) is 2.59. The molecule has 4 nitrogen and oxygen atoms in total. The van der Waals surface area contributed by atoms with E-state index in [2.05, 4.69) is 4.98 Å². The van der Waals surface area contributed by atoms with E-state index in [0.717, 1.165) is 11.0 Å².